The Bertz CT molecular complexity index is 228. The van der Waals surface area contributed by atoms with Gasteiger partial charge in [0.25, 0.3) is 0 Å². The van der Waals surface area contributed by atoms with Crippen LogP contribution in [0.15, 0.2) is 10.8 Å². The van der Waals surface area contributed by atoms with Crippen molar-refractivity contribution in [1.82, 2.24) is 0 Å². The average molecular weight is 241 g/mol. The second kappa shape index (κ2) is 6.62. The molecule has 0 amide bonds. The molecule has 0 atom stereocenters. The summed E-state index contributed by atoms with van der Waals surface area (Å²) in [4.78, 5) is 0. The largest absolute Gasteiger partial charge is 0.372 e. The monoisotopic (exact) mass is 240 g/mol. The highest BCUT2D eigenvalue weighted by Crippen LogP contribution is 2.58. The minimum atomic E-state index is -3.24. The molecule has 0 unspecified atom stereocenters. The maximum Gasteiger partial charge on any atom is 0.372 e. The van der Waals surface area contributed by atoms with E-state index in [0.717, 1.165) is 0 Å². The highest BCUT2D eigenvalue weighted by atomic mass is 35.5. The molecule has 84 valence electrons. The summed E-state index contributed by atoms with van der Waals surface area (Å²) >= 11 is 5.89. The second-order valence-electron chi connectivity index (χ2n) is 3.07. The SMILES string of the molecule is CCOP(=O)(OCC)/C(Cl)=C/C(C)C. The van der Waals surface area contributed by atoms with Crippen molar-refractivity contribution in [3.63, 3.8) is 0 Å². The maximum absolute atomic E-state index is 12.0. The van der Waals surface area contributed by atoms with Crippen LogP contribution < -0.4 is 0 Å². The smallest absolute Gasteiger partial charge is 0.305 e. The Balaban J connectivity index is 4.72. The van der Waals surface area contributed by atoms with Gasteiger partial charge in [0.2, 0.25) is 0 Å². The molecular weight excluding hydrogens is 223 g/mol. The fraction of sp³-hybridized carbons (Fsp3) is 0.778. The molecule has 0 spiro atoms. The average Bonchev–Trinajstić information content (AvgIpc) is 2.03. The van der Waals surface area contributed by atoms with Crippen LogP contribution in [0.5, 0.6) is 0 Å². The first-order valence-corrected chi connectivity index (χ1v) is 6.65. The summed E-state index contributed by atoms with van der Waals surface area (Å²) in [5, 5.41) is 0. The molecule has 0 aliphatic carbocycles. The van der Waals surface area contributed by atoms with Crippen molar-refractivity contribution in [3.8, 4) is 0 Å². The van der Waals surface area contributed by atoms with Crippen molar-refractivity contribution in [3.05, 3.63) is 10.8 Å². The second-order valence-corrected chi connectivity index (χ2v) is 5.73. The Kier molecular flexibility index (Phi) is 6.71. The Morgan fingerprint density at radius 2 is 1.79 bits per heavy atom. The first kappa shape index (κ1) is 14.2. The molecule has 0 saturated heterocycles. The Morgan fingerprint density at radius 3 is 2.07 bits per heavy atom. The van der Waals surface area contributed by atoms with E-state index in [1.165, 1.54) is 0 Å². The van der Waals surface area contributed by atoms with Crippen LogP contribution >= 0.6 is 19.2 Å². The number of hydrogen-bond donors (Lipinski definition) is 0. The lowest BCUT2D eigenvalue weighted by Gasteiger charge is -2.16. The van der Waals surface area contributed by atoms with Gasteiger partial charge in [0.1, 0.15) is 4.77 Å². The third-order valence-corrected chi connectivity index (χ3v) is 3.95. The van der Waals surface area contributed by atoms with Gasteiger partial charge in [0.15, 0.2) is 0 Å². The van der Waals surface area contributed by atoms with Gasteiger partial charge in [-0.3, -0.25) is 4.57 Å². The minimum Gasteiger partial charge on any atom is -0.305 e. The molecule has 0 radical (unpaired) electrons. The van der Waals surface area contributed by atoms with E-state index in [2.05, 4.69) is 0 Å². The van der Waals surface area contributed by atoms with Crippen LogP contribution in [0.25, 0.3) is 0 Å². The van der Waals surface area contributed by atoms with Gasteiger partial charge < -0.3 is 9.05 Å². The molecule has 5 heteroatoms. The van der Waals surface area contributed by atoms with Gasteiger partial charge in [-0.25, -0.2) is 0 Å². The summed E-state index contributed by atoms with van der Waals surface area (Å²) in [5.74, 6) is 0.219. The first-order chi connectivity index (χ1) is 6.46. The molecule has 0 saturated carbocycles. The van der Waals surface area contributed by atoms with Gasteiger partial charge in [-0.15, -0.1) is 0 Å². The lowest BCUT2D eigenvalue weighted by Crippen LogP contribution is -1.96. The number of halogens is 1. The van der Waals surface area contributed by atoms with Crippen LogP contribution in [-0.2, 0) is 13.6 Å². The Hall–Kier alpha value is 0.180. The predicted octanol–water partition coefficient (Wildman–Crippen LogP) is 3.99. The van der Waals surface area contributed by atoms with E-state index >= 15 is 0 Å². The molecule has 0 rings (SSSR count). The molecule has 0 N–H and O–H groups in total. The summed E-state index contributed by atoms with van der Waals surface area (Å²) in [7, 11) is -3.24. The zero-order valence-electron chi connectivity index (χ0n) is 9.12. The molecule has 0 heterocycles. The highest BCUT2D eigenvalue weighted by Gasteiger charge is 2.28. The van der Waals surface area contributed by atoms with Crippen LogP contribution in [0.1, 0.15) is 27.7 Å². The summed E-state index contributed by atoms with van der Waals surface area (Å²) in [5.41, 5.74) is 0. The van der Waals surface area contributed by atoms with Gasteiger partial charge in [-0.2, -0.15) is 0 Å². The Labute approximate surface area is 91.0 Å². The molecule has 3 nitrogen and oxygen atoms in total. The predicted molar refractivity (Wildman–Crippen MR) is 59.6 cm³/mol. The third-order valence-electron chi connectivity index (χ3n) is 1.33. The van der Waals surface area contributed by atoms with E-state index in [9.17, 15) is 4.57 Å². The van der Waals surface area contributed by atoms with Crippen molar-refractivity contribution in [2.75, 3.05) is 13.2 Å². The summed E-state index contributed by atoms with van der Waals surface area (Å²) in [6.45, 7) is 8.05. The lowest BCUT2D eigenvalue weighted by molar-refractivity contribution is 0.228. The van der Waals surface area contributed by atoms with E-state index in [-0.39, 0.29) is 10.7 Å². The quantitative estimate of drug-likeness (QED) is 0.659. The van der Waals surface area contributed by atoms with Crippen molar-refractivity contribution < 1.29 is 13.6 Å². The van der Waals surface area contributed by atoms with Crippen molar-refractivity contribution in [2.45, 2.75) is 27.7 Å². The molecule has 0 bridgehead atoms. The molecule has 0 aromatic rings. The lowest BCUT2D eigenvalue weighted by atomic mass is 10.2. The fourth-order valence-corrected chi connectivity index (χ4v) is 2.89. The number of rotatable bonds is 6. The zero-order chi connectivity index (χ0) is 11.2. The summed E-state index contributed by atoms with van der Waals surface area (Å²) < 4.78 is 22.3. The van der Waals surface area contributed by atoms with E-state index in [1.54, 1.807) is 19.9 Å². The van der Waals surface area contributed by atoms with Crippen LogP contribution in [0.3, 0.4) is 0 Å². The molecule has 0 aromatic carbocycles. The number of allylic oxidation sites excluding steroid dienone is 1. The fourth-order valence-electron chi connectivity index (χ4n) is 0.867. The summed E-state index contributed by atoms with van der Waals surface area (Å²) in [6.07, 6.45) is 1.69. The van der Waals surface area contributed by atoms with Crippen LogP contribution in [0, 0.1) is 5.92 Å². The first-order valence-electron chi connectivity index (χ1n) is 4.73. The topological polar surface area (TPSA) is 35.5 Å². The van der Waals surface area contributed by atoms with E-state index in [4.69, 9.17) is 20.6 Å². The van der Waals surface area contributed by atoms with Crippen LogP contribution in [-0.4, -0.2) is 13.2 Å². The van der Waals surface area contributed by atoms with Crippen LogP contribution in [0.4, 0.5) is 0 Å². The summed E-state index contributed by atoms with van der Waals surface area (Å²) in [6, 6.07) is 0. The third kappa shape index (κ3) is 4.61. The highest BCUT2D eigenvalue weighted by molar-refractivity contribution is 7.61. The van der Waals surface area contributed by atoms with Crippen molar-refractivity contribution in [1.29, 1.82) is 0 Å². The molecule has 0 aromatic heterocycles. The number of hydrogen-bond acceptors (Lipinski definition) is 3. The molecule has 0 fully saturated rings. The van der Waals surface area contributed by atoms with Crippen LogP contribution in [0.2, 0.25) is 0 Å². The molecular formula is C9H18ClO3P. The van der Waals surface area contributed by atoms with Gasteiger partial charge >= 0.3 is 7.60 Å². The molecule has 14 heavy (non-hydrogen) atoms. The maximum atomic E-state index is 12.0. The van der Waals surface area contributed by atoms with Gasteiger partial charge in [0, 0.05) is 0 Å². The minimum absolute atomic E-state index is 0.177. The van der Waals surface area contributed by atoms with Crippen molar-refractivity contribution in [2.24, 2.45) is 5.92 Å². The van der Waals surface area contributed by atoms with E-state index in [1.807, 2.05) is 13.8 Å². The zero-order valence-corrected chi connectivity index (χ0v) is 10.8. The van der Waals surface area contributed by atoms with Gasteiger partial charge in [-0.05, 0) is 19.8 Å². The van der Waals surface area contributed by atoms with E-state index < -0.39 is 7.60 Å². The van der Waals surface area contributed by atoms with Gasteiger partial charge in [-0.1, -0.05) is 31.5 Å². The van der Waals surface area contributed by atoms with Crippen molar-refractivity contribution >= 4 is 19.2 Å². The Morgan fingerprint density at radius 1 is 1.36 bits per heavy atom. The molecule has 0 aliphatic heterocycles. The van der Waals surface area contributed by atoms with Gasteiger partial charge in [0.05, 0.1) is 13.2 Å². The van der Waals surface area contributed by atoms with E-state index in [0.29, 0.717) is 13.2 Å². The molecule has 0 aliphatic rings. The normalized spacial score (nSPS) is 13.7. The standard InChI is InChI=1S/C9H18ClO3P/c1-5-12-14(11,13-6-2)9(10)7-8(3)4/h7-8H,5-6H2,1-4H3/b9-7+.